The van der Waals surface area contributed by atoms with Gasteiger partial charge < -0.3 is 21.1 Å². The number of amides is 1. The van der Waals surface area contributed by atoms with E-state index >= 15 is 0 Å². The molecule has 1 aliphatic rings. The first kappa shape index (κ1) is 17.8. The Hall–Kier alpha value is -1.50. The van der Waals surface area contributed by atoms with Crippen LogP contribution < -0.4 is 16.4 Å². The van der Waals surface area contributed by atoms with Crippen molar-refractivity contribution in [3.63, 3.8) is 0 Å². The first-order valence-corrected chi connectivity index (χ1v) is 8.03. The second-order valence-corrected chi connectivity index (χ2v) is 6.24. The number of nitrogens with two attached hydrogens (primary N) is 1. The van der Waals surface area contributed by atoms with Crippen LogP contribution in [0, 0.1) is 11.2 Å². The van der Waals surface area contributed by atoms with Gasteiger partial charge in [-0.1, -0.05) is 12.1 Å². The van der Waals surface area contributed by atoms with E-state index in [-0.39, 0.29) is 23.7 Å². The summed E-state index contributed by atoms with van der Waals surface area (Å²) in [6, 6.07) is 5.93. The number of ether oxygens (including phenoxy) is 1. The summed E-state index contributed by atoms with van der Waals surface area (Å²) in [4.78, 5) is 12.5. The van der Waals surface area contributed by atoms with Crippen LogP contribution in [0.5, 0.6) is 0 Å². The molecule has 6 heteroatoms. The average Bonchev–Trinajstić information content (AvgIpc) is 2.57. The Morgan fingerprint density at radius 2 is 2.04 bits per heavy atom. The van der Waals surface area contributed by atoms with Crippen molar-refractivity contribution in [3.05, 3.63) is 35.6 Å². The highest BCUT2D eigenvalue weighted by Gasteiger charge is 2.33. The Morgan fingerprint density at radius 1 is 1.39 bits per heavy atom. The number of carbonyl (C=O) groups is 1. The smallest absolute Gasteiger partial charge is 0.228 e. The molecule has 128 valence electrons. The molecule has 1 amide bonds. The molecule has 0 spiro atoms. The van der Waals surface area contributed by atoms with Gasteiger partial charge in [-0.25, -0.2) is 4.39 Å². The van der Waals surface area contributed by atoms with E-state index in [1.165, 1.54) is 12.1 Å². The van der Waals surface area contributed by atoms with Crippen molar-refractivity contribution in [2.75, 3.05) is 39.9 Å². The molecular weight excluding hydrogens is 297 g/mol. The van der Waals surface area contributed by atoms with Gasteiger partial charge in [0, 0.05) is 25.6 Å². The molecule has 2 rings (SSSR count). The molecule has 0 bridgehead atoms. The topological polar surface area (TPSA) is 76.4 Å². The van der Waals surface area contributed by atoms with Gasteiger partial charge in [-0.05, 0) is 43.6 Å². The molecule has 1 heterocycles. The van der Waals surface area contributed by atoms with Gasteiger partial charge in [0.15, 0.2) is 0 Å². The number of benzene rings is 1. The minimum absolute atomic E-state index is 0.0302. The van der Waals surface area contributed by atoms with Crippen molar-refractivity contribution in [2.24, 2.45) is 11.1 Å². The van der Waals surface area contributed by atoms with Crippen LogP contribution in [0.25, 0.3) is 0 Å². The third-order valence-electron chi connectivity index (χ3n) is 4.58. The highest BCUT2D eigenvalue weighted by atomic mass is 19.1. The van der Waals surface area contributed by atoms with Gasteiger partial charge in [-0.15, -0.1) is 0 Å². The number of hydrogen-bond acceptors (Lipinski definition) is 4. The predicted octanol–water partition coefficient (Wildman–Crippen LogP) is 1.00. The molecule has 1 fully saturated rings. The zero-order chi connectivity index (χ0) is 16.7. The summed E-state index contributed by atoms with van der Waals surface area (Å²) in [5.41, 5.74) is 6.46. The van der Waals surface area contributed by atoms with Crippen LogP contribution in [-0.2, 0) is 9.53 Å². The van der Waals surface area contributed by atoms with Crippen molar-refractivity contribution in [1.82, 2.24) is 10.6 Å². The summed E-state index contributed by atoms with van der Waals surface area (Å²) in [7, 11) is 1.69. The standard InChI is InChI=1S/C17H26FN3O2/c1-23-12-17(6-8-20-9-7-17)11-21-16(22)15(10-19)13-2-4-14(18)5-3-13/h2-5,15,20H,6-12,19H2,1H3,(H,21,22). The number of carbonyl (C=O) groups excluding carboxylic acids is 1. The Morgan fingerprint density at radius 3 is 2.61 bits per heavy atom. The van der Waals surface area contributed by atoms with Crippen LogP contribution in [-0.4, -0.2) is 45.8 Å². The Kier molecular flexibility index (Phi) is 6.50. The lowest BCUT2D eigenvalue weighted by Crippen LogP contribution is -2.48. The molecule has 0 radical (unpaired) electrons. The van der Waals surface area contributed by atoms with Crippen LogP contribution in [0.3, 0.4) is 0 Å². The molecule has 0 saturated carbocycles. The molecule has 1 aliphatic heterocycles. The SMILES string of the molecule is COCC1(CNC(=O)C(CN)c2ccc(F)cc2)CCNCC1. The van der Waals surface area contributed by atoms with Gasteiger partial charge in [0.05, 0.1) is 12.5 Å². The lowest BCUT2D eigenvalue weighted by Gasteiger charge is -2.37. The highest BCUT2D eigenvalue weighted by Crippen LogP contribution is 2.28. The molecule has 4 N–H and O–H groups in total. The van der Waals surface area contributed by atoms with E-state index in [0.29, 0.717) is 13.2 Å². The maximum Gasteiger partial charge on any atom is 0.228 e. The number of methoxy groups -OCH3 is 1. The summed E-state index contributed by atoms with van der Waals surface area (Å²) in [5, 5.41) is 6.35. The molecular formula is C17H26FN3O2. The fraction of sp³-hybridized carbons (Fsp3) is 0.588. The Labute approximate surface area is 136 Å². The van der Waals surface area contributed by atoms with Gasteiger partial charge in [0.2, 0.25) is 5.91 Å². The summed E-state index contributed by atoms with van der Waals surface area (Å²) >= 11 is 0. The Bertz CT molecular complexity index is 496. The number of rotatable bonds is 7. The van der Waals surface area contributed by atoms with Crippen LogP contribution in [0.15, 0.2) is 24.3 Å². The fourth-order valence-corrected chi connectivity index (χ4v) is 3.12. The van der Waals surface area contributed by atoms with Gasteiger partial charge >= 0.3 is 0 Å². The minimum atomic E-state index is -0.461. The van der Waals surface area contributed by atoms with E-state index in [4.69, 9.17) is 10.5 Å². The number of halogens is 1. The summed E-state index contributed by atoms with van der Waals surface area (Å²) in [6.45, 7) is 3.24. The molecule has 1 aromatic carbocycles. The van der Waals surface area contributed by atoms with Crippen LogP contribution in [0.2, 0.25) is 0 Å². The van der Waals surface area contributed by atoms with Crippen LogP contribution in [0.4, 0.5) is 4.39 Å². The highest BCUT2D eigenvalue weighted by molar-refractivity contribution is 5.83. The van der Waals surface area contributed by atoms with E-state index in [9.17, 15) is 9.18 Å². The lowest BCUT2D eigenvalue weighted by molar-refractivity contribution is -0.123. The third kappa shape index (κ3) is 4.73. The normalized spacial score (nSPS) is 18.4. The number of piperidine rings is 1. The maximum absolute atomic E-state index is 13.0. The van der Waals surface area contributed by atoms with Gasteiger partial charge in [0.25, 0.3) is 0 Å². The summed E-state index contributed by atoms with van der Waals surface area (Å²) in [6.07, 6.45) is 1.93. The van der Waals surface area contributed by atoms with Crippen molar-refractivity contribution in [2.45, 2.75) is 18.8 Å². The molecule has 0 aliphatic carbocycles. The monoisotopic (exact) mass is 323 g/mol. The molecule has 1 saturated heterocycles. The molecule has 0 aromatic heterocycles. The summed E-state index contributed by atoms with van der Waals surface area (Å²) < 4.78 is 18.4. The van der Waals surface area contributed by atoms with Crippen LogP contribution >= 0.6 is 0 Å². The molecule has 1 atom stereocenters. The quantitative estimate of drug-likeness (QED) is 0.700. The molecule has 1 unspecified atom stereocenters. The van der Waals surface area contributed by atoms with E-state index in [1.807, 2.05) is 0 Å². The third-order valence-corrected chi connectivity index (χ3v) is 4.58. The first-order valence-electron chi connectivity index (χ1n) is 8.03. The van der Waals surface area contributed by atoms with Crippen molar-refractivity contribution < 1.29 is 13.9 Å². The number of hydrogen-bond donors (Lipinski definition) is 3. The average molecular weight is 323 g/mol. The predicted molar refractivity (Wildman–Crippen MR) is 87.6 cm³/mol. The van der Waals surface area contributed by atoms with Crippen molar-refractivity contribution in [3.8, 4) is 0 Å². The summed E-state index contributed by atoms with van der Waals surface area (Å²) in [5.74, 6) is -0.899. The van der Waals surface area contributed by atoms with Gasteiger partial charge in [-0.3, -0.25) is 4.79 Å². The second kappa shape index (κ2) is 8.38. The fourth-order valence-electron chi connectivity index (χ4n) is 3.12. The van der Waals surface area contributed by atoms with E-state index < -0.39 is 5.92 Å². The molecule has 23 heavy (non-hydrogen) atoms. The van der Waals surface area contributed by atoms with E-state index in [0.717, 1.165) is 31.5 Å². The van der Waals surface area contributed by atoms with Crippen molar-refractivity contribution in [1.29, 1.82) is 0 Å². The molecule has 5 nitrogen and oxygen atoms in total. The zero-order valence-corrected chi connectivity index (χ0v) is 13.6. The zero-order valence-electron chi connectivity index (χ0n) is 13.6. The van der Waals surface area contributed by atoms with Gasteiger partial charge in [-0.2, -0.15) is 0 Å². The molecule has 1 aromatic rings. The minimum Gasteiger partial charge on any atom is -0.384 e. The van der Waals surface area contributed by atoms with E-state index in [1.54, 1.807) is 19.2 Å². The largest absolute Gasteiger partial charge is 0.384 e. The van der Waals surface area contributed by atoms with Crippen molar-refractivity contribution >= 4 is 5.91 Å². The Balaban J connectivity index is 1.99. The van der Waals surface area contributed by atoms with E-state index in [2.05, 4.69) is 10.6 Å². The first-order chi connectivity index (χ1) is 11.1. The number of nitrogens with one attached hydrogen (secondary N) is 2. The van der Waals surface area contributed by atoms with Crippen LogP contribution in [0.1, 0.15) is 24.3 Å². The lowest BCUT2D eigenvalue weighted by atomic mass is 9.79. The second-order valence-electron chi connectivity index (χ2n) is 6.24. The van der Waals surface area contributed by atoms with Gasteiger partial charge in [0.1, 0.15) is 5.82 Å². The maximum atomic E-state index is 13.0.